The van der Waals surface area contributed by atoms with Gasteiger partial charge < -0.3 is 10.0 Å². The number of nitrogens with zero attached hydrogens (tertiary/aromatic N) is 1. The molecule has 0 aromatic heterocycles. The highest BCUT2D eigenvalue weighted by Gasteiger charge is 2.42. The predicted molar refractivity (Wildman–Crippen MR) is 61.5 cm³/mol. The molecule has 1 aromatic carbocycles. The SMILES string of the molecule is CN(Cc1cccc(F)c1)CC1(CO)CC1. The number of aliphatic hydroxyl groups excluding tert-OH is 1. The van der Waals surface area contributed by atoms with Gasteiger partial charge in [0.1, 0.15) is 5.82 Å². The van der Waals surface area contributed by atoms with Gasteiger partial charge in [0.25, 0.3) is 0 Å². The highest BCUT2D eigenvalue weighted by molar-refractivity contribution is 5.16. The summed E-state index contributed by atoms with van der Waals surface area (Å²) in [6, 6.07) is 6.68. The van der Waals surface area contributed by atoms with E-state index in [0.29, 0.717) is 0 Å². The van der Waals surface area contributed by atoms with Crippen LogP contribution in [0.5, 0.6) is 0 Å². The Morgan fingerprint density at radius 3 is 2.75 bits per heavy atom. The second kappa shape index (κ2) is 4.52. The van der Waals surface area contributed by atoms with Gasteiger partial charge in [-0.1, -0.05) is 12.1 Å². The van der Waals surface area contributed by atoms with Crippen LogP contribution in [0, 0.1) is 11.2 Å². The highest BCUT2D eigenvalue weighted by Crippen LogP contribution is 2.45. The van der Waals surface area contributed by atoms with E-state index in [0.717, 1.165) is 31.5 Å². The van der Waals surface area contributed by atoms with E-state index in [1.165, 1.54) is 6.07 Å². The van der Waals surface area contributed by atoms with Crippen LogP contribution in [0.4, 0.5) is 4.39 Å². The molecule has 1 aliphatic carbocycles. The van der Waals surface area contributed by atoms with Gasteiger partial charge in [-0.25, -0.2) is 4.39 Å². The Morgan fingerprint density at radius 2 is 2.19 bits per heavy atom. The average Bonchev–Trinajstić information content (AvgIpc) is 2.98. The third-order valence-corrected chi connectivity index (χ3v) is 3.24. The van der Waals surface area contributed by atoms with Crippen LogP contribution < -0.4 is 0 Å². The van der Waals surface area contributed by atoms with Crippen LogP contribution in [0.15, 0.2) is 24.3 Å². The fraction of sp³-hybridized carbons (Fsp3) is 0.538. The van der Waals surface area contributed by atoms with E-state index in [4.69, 9.17) is 0 Å². The average molecular weight is 223 g/mol. The molecule has 0 spiro atoms. The van der Waals surface area contributed by atoms with Gasteiger partial charge >= 0.3 is 0 Å². The van der Waals surface area contributed by atoms with E-state index in [-0.39, 0.29) is 17.8 Å². The predicted octanol–water partition coefficient (Wildman–Crippen LogP) is 2.03. The molecule has 3 heteroatoms. The molecule has 0 bridgehead atoms. The fourth-order valence-electron chi connectivity index (χ4n) is 2.12. The Hall–Kier alpha value is -0.930. The van der Waals surface area contributed by atoms with Crippen molar-refractivity contribution >= 4 is 0 Å². The number of hydrogen-bond acceptors (Lipinski definition) is 2. The van der Waals surface area contributed by atoms with Crippen molar-refractivity contribution in [2.75, 3.05) is 20.2 Å². The summed E-state index contributed by atoms with van der Waals surface area (Å²) in [7, 11) is 2.01. The Labute approximate surface area is 95.7 Å². The zero-order valence-electron chi connectivity index (χ0n) is 9.62. The summed E-state index contributed by atoms with van der Waals surface area (Å²) < 4.78 is 13.0. The summed E-state index contributed by atoms with van der Waals surface area (Å²) in [5, 5.41) is 9.23. The number of halogens is 1. The van der Waals surface area contributed by atoms with E-state index < -0.39 is 0 Å². The maximum Gasteiger partial charge on any atom is 0.123 e. The van der Waals surface area contributed by atoms with Gasteiger partial charge in [0.05, 0.1) is 0 Å². The first kappa shape index (κ1) is 11.6. The molecule has 2 rings (SSSR count). The van der Waals surface area contributed by atoms with Crippen LogP contribution >= 0.6 is 0 Å². The molecule has 1 N–H and O–H groups in total. The Kier molecular flexibility index (Phi) is 3.26. The maximum absolute atomic E-state index is 13.0. The van der Waals surface area contributed by atoms with Crippen LogP contribution in [-0.4, -0.2) is 30.2 Å². The first-order valence-electron chi connectivity index (χ1n) is 5.67. The lowest BCUT2D eigenvalue weighted by Gasteiger charge is -2.22. The molecule has 16 heavy (non-hydrogen) atoms. The van der Waals surface area contributed by atoms with Crippen LogP contribution in [-0.2, 0) is 6.54 Å². The Bertz CT molecular complexity index is 363. The highest BCUT2D eigenvalue weighted by atomic mass is 19.1. The third-order valence-electron chi connectivity index (χ3n) is 3.24. The molecule has 1 fully saturated rings. The van der Waals surface area contributed by atoms with E-state index in [1.54, 1.807) is 12.1 Å². The fourth-order valence-corrected chi connectivity index (χ4v) is 2.12. The Balaban J connectivity index is 1.89. The molecule has 0 unspecified atom stereocenters. The maximum atomic E-state index is 13.0. The van der Waals surface area contributed by atoms with Crippen molar-refractivity contribution in [3.63, 3.8) is 0 Å². The van der Waals surface area contributed by atoms with Crippen LogP contribution in [0.3, 0.4) is 0 Å². The van der Waals surface area contributed by atoms with Crippen LogP contribution in [0.1, 0.15) is 18.4 Å². The molecule has 1 saturated carbocycles. The summed E-state index contributed by atoms with van der Waals surface area (Å²) in [4.78, 5) is 2.15. The number of aliphatic hydroxyl groups is 1. The van der Waals surface area contributed by atoms with Crippen molar-refractivity contribution in [3.05, 3.63) is 35.6 Å². The molecule has 88 valence electrons. The van der Waals surface area contributed by atoms with Gasteiger partial charge in [0.15, 0.2) is 0 Å². The molecule has 0 aliphatic heterocycles. The monoisotopic (exact) mass is 223 g/mol. The quantitative estimate of drug-likeness (QED) is 0.825. The standard InChI is InChI=1S/C13H18FNO/c1-15(9-13(10-16)5-6-13)8-11-3-2-4-12(14)7-11/h2-4,7,16H,5-6,8-10H2,1H3. The van der Waals surface area contributed by atoms with Crippen LogP contribution in [0.2, 0.25) is 0 Å². The third kappa shape index (κ3) is 2.80. The number of hydrogen-bond donors (Lipinski definition) is 1. The molecule has 0 atom stereocenters. The lowest BCUT2D eigenvalue weighted by atomic mass is 10.1. The largest absolute Gasteiger partial charge is 0.396 e. The molecule has 0 amide bonds. The summed E-state index contributed by atoms with van der Waals surface area (Å²) >= 11 is 0. The molecule has 1 aromatic rings. The normalized spacial score (nSPS) is 17.8. The van der Waals surface area contributed by atoms with Gasteiger partial charge in [-0.15, -0.1) is 0 Å². The molecular weight excluding hydrogens is 205 g/mol. The van der Waals surface area contributed by atoms with E-state index >= 15 is 0 Å². The first-order chi connectivity index (χ1) is 7.63. The van der Waals surface area contributed by atoms with E-state index in [2.05, 4.69) is 4.90 Å². The topological polar surface area (TPSA) is 23.5 Å². The Morgan fingerprint density at radius 1 is 1.44 bits per heavy atom. The van der Waals surface area contributed by atoms with Crippen molar-refractivity contribution < 1.29 is 9.50 Å². The number of benzene rings is 1. The second-order valence-electron chi connectivity index (χ2n) is 4.96. The second-order valence-corrected chi connectivity index (χ2v) is 4.96. The van der Waals surface area contributed by atoms with Crippen molar-refractivity contribution in [1.29, 1.82) is 0 Å². The van der Waals surface area contributed by atoms with Gasteiger partial charge in [-0.3, -0.25) is 0 Å². The minimum atomic E-state index is -0.186. The van der Waals surface area contributed by atoms with Gasteiger partial charge in [0, 0.05) is 25.1 Å². The summed E-state index contributed by atoms with van der Waals surface area (Å²) in [6.07, 6.45) is 2.22. The van der Waals surface area contributed by atoms with E-state index in [9.17, 15) is 9.50 Å². The van der Waals surface area contributed by atoms with E-state index in [1.807, 2.05) is 13.1 Å². The zero-order chi connectivity index (χ0) is 11.6. The molecule has 1 aliphatic rings. The van der Waals surface area contributed by atoms with Gasteiger partial charge in [0.2, 0.25) is 0 Å². The minimum Gasteiger partial charge on any atom is -0.396 e. The molecule has 0 radical (unpaired) electrons. The molecular formula is C13H18FNO. The van der Waals surface area contributed by atoms with Crippen molar-refractivity contribution in [1.82, 2.24) is 4.90 Å². The lowest BCUT2D eigenvalue weighted by Crippen LogP contribution is -2.28. The zero-order valence-corrected chi connectivity index (χ0v) is 9.62. The van der Waals surface area contributed by atoms with Crippen LogP contribution in [0.25, 0.3) is 0 Å². The summed E-state index contributed by atoms with van der Waals surface area (Å²) in [5.41, 5.74) is 1.11. The molecule has 0 heterocycles. The summed E-state index contributed by atoms with van der Waals surface area (Å²) in [6.45, 7) is 1.89. The van der Waals surface area contributed by atoms with Gasteiger partial charge in [-0.2, -0.15) is 0 Å². The summed E-state index contributed by atoms with van der Waals surface area (Å²) in [5.74, 6) is -0.186. The first-order valence-corrected chi connectivity index (χ1v) is 5.67. The van der Waals surface area contributed by atoms with Crippen molar-refractivity contribution in [2.45, 2.75) is 19.4 Å². The number of rotatable bonds is 5. The minimum absolute atomic E-state index is 0.127. The molecule has 0 saturated heterocycles. The van der Waals surface area contributed by atoms with Crippen molar-refractivity contribution in [3.8, 4) is 0 Å². The van der Waals surface area contributed by atoms with Gasteiger partial charge in [-0.05, 0) is 37.6 Å². The molecule has 2 nitrogen and oxygen atoms in total. The smallest absolute Gasteiger partial charge is 0.123 e. The van der Waals surface area contributed by atoms with Crippen molar-refractivity contribution in [2.24, 2.45) is 5.41 Å². The lowest BCUT2D eigenvalue weighted by molar-refractivity contribution is 0.161.